The summed E-state index contributed by atoms with van der Waals surface area (Å²) in [5, 5.41) is 0.822. The van der Waals surface area contributed by atoms with Crippen LogP contribution in [0.1, 0.15) is 25.7 Å². The standard InChI is InChI=1S/C18H26O4S4/c1-3-15(19)21-9-13-11-23-17(25-13)7-5-6-8-18-24-12-14(26-18)10-22-16(20)4-2/h3-4,13-14,17-18H,1-2,5-12H2. The molecule has 0 aromatic rings. The van der Waals surface area contributed by atoms with Crippen molar-refractivity contribution in [3.05, 3.63) is 25.3 Å². The van der Waals surface area contributed by atoms with Gasteiger partial charge in [0.2, 0.25) is 0 Å². The Morgan fingerprint density at radius 3 is 1.65 bits per heavy atom. The lowest BCUT2D eigenvalue weighted by molar-refractivity contribution is -0.138. The summed E-state index contributed by atoms with van der Waals surface area (Å²) in [6.07, 6.45) is 7.33. The molecule has 2 heterocycles. The first-order chi connectivity index (χ1) is 12.6. The van der Waals surface area contributed by atoms with E-state index in [1.54, 1.807) is 0 Å². The second kappa shape index (κ2) is 12.3. The topological polar surface area (TPSA) is 52.6 Å². The van der Waals surface area contributed by atoms with Crippen LogP contribution in [0.5, 0.6) is 0 Å². The summed E-state index contributed by atoms with van der Waals surface area (Å²) in [4.78, 5) is 22.2. The first-order valence-corrected chi connectivity index (χ1v) is 12.7. The molecule has 0 spiro atoms. The van der Waals surface area contributed by atoms with Crippen molar-refractivity contribution in [3.63, 3.8) is 0 Å². The summed E-state index contributed by atoms with van der Waals surface area (Å²) in [6, 6.07) is 0. The summed E-state index contributed by atoms with van der Waals surface area (Å²) in [5.41, 5.74) is 0. The fourth-order valence-corrected chi connectivity index (χ4v) is 9.20. The average molecular weight is 435 g/mol. The van der Waals surface area contributed by atoms with E-state index in [1.807, 2.05) is 47.0 Å². The molecular weight excluding hydrogens is 408 g/mol. The number of unbranched alkanes of at least 4 members (excludes halogenated alkanes) is 1. The van der Waals surface area contributed by atoms with Crippen molar-refractivity contribution in [1.29, 1.82) is 0 Å². The average Bonchev–Trinajstić information content (AvgIpc) is 3.30. The number of carbonyl (C=O) groups is 2. The molecule has 4 nitrogen and oxygen atoms in total. The minimum absolute atomic E-state index is 0.330. The van der Waals surface area contributed by atoms with Crippen LogP contribution in [0.3, 0.4) is 0 Å². The highest BCUT2D eigenvalue weighted by Crippen LogP contribution is 2.43. The second-order valence-electron chi connectivity index (χ2n) is 5.99. The predicted molar refractivity (Wildman–Crippen MR) is 116 cm³/mol. The third-order valence-electron chi connectivity index (χ3n) is 3.91. The van der Waals surface area contributed by atoms with Gasteiger partial charge < -0.3 is 9.47 Å². The molecular formula is C18H26O4S4. The van der Waals surface area contributed by atoms with Crippen molar-refractivity contribution in [2.75, 3.05) is 24.7 Å². The van der Waals surface area contributed by atoms with Crippen LogP contribution in [-0.4, -0.2) is 56.3 Å². The summed E-state index contributed by atoms with van der Waals surface area (Å²) < 4.78 is 11.5. The van der Waals surface area contributed by atoms with Crippen LogP contribution in [0, 0.1) is 0 Å². The summed E-state index contributed by atoms with van der Waals surface area (Å²) in [6.45, 7) is 7.81. The maximum absolute atomic E-state index is 11.1. The first-order valence-electron chi connectivity index (χ1n) is 8.73. The van der Waals surface area contributed by atoms with Crippen LogP contribution in [-0.2, 0) is 19.1 Å². The molecule has 0 N–H and O–H groups in total. The zero-order valence-electron chi connectivity index (χ0n) is 14.8. The Balaban J connectivity index is 1.49. The van der Waals surface area contributed by atoms with Crippen LogP contribution in [0.15, 0.2) is 25.3 Å². The predicted octanol–water partition coefficient (Wildman–Crippen LogP) is 4.35. The summed E-state index contributed by atoms with van der Waals surface area (Å²) in [5.74, 6) is 1.45. The lowest BCUT2D eigenvalue weighted by Gasteiger charge is -2.12. The van der Waals surface area contributed by atoms with Crippen LogP contribution in [0.4, 0.5) is 0 Å². The summed E-state index contributed by atoms with van der Waals surface area (Å²) >= 11 is 7.85. The molecule has 0 aromatic carbocycles. The van der Waals surface area contributed by atoms with Gasteiger partial charge in [0.25, 0.3) is 0 Å². The molecule has 0 aromatic heterocycles. The van der Waals surface area contributed by atoms with Crippen molar-refractivity contribution in [2.45, 2.75) is 45.3 Å². The molecule has 2 aliphatic heterocycles. The Morgan fingerprint density at radius 1 is 0.846 bits per heavy atom. The van der Waals surface area contributed by atoms with Gasteiger partial charge in [-0.25, -0.2) is 9.59 Å². The molecule has 2 rings (SSSR count). The van der Waals surface area contributed by atoms with E-state index in [0.29, 0.717) is 32.9 Å². The van der Waals surface area contributed by atoms with Crippen molar-refractivity contribution in [3.8, 4) is 0 Å². The SMILES string of the molecule is C=CC(=O)OCC1CSC(CCCCC2SCC(COC(=O)C=C)S2)S1. The van der Waals surface area contributed by atoms with E-state index in [4.69, 9.17) is 9.47 Å². The highest BCUT2D eigenvalue weighted by Gasteiger charge is 2.28. The van der Waals surface area contributed by atoms with Crippen LogP contribution >= 0.6 is 47.0 Å². The maximum Gasteiger partial charge on any atom is 0.330 e. The van der Waals surface area contributed by atoms with Gasteiger partial charge in [0, 0.05) is 34.2 Å². The number of thioether (sulfide) groups is 4. The molecule has 0 amide bonds. The van der Waals surface area contributed by atoms with Crippen molar-refractivity contribution in [1.82, 2.24) is 0 Å². The van der Waals surface area contributed by atoms with E-state index in [-0.39, 0.29) is 11.9 Å². The molecule has 4 atom stereocenters. The van der Waals surface area contributed by atoms with E-state index in [9.17, 15) is 9.59 Å². The number of rotatable bonds is 11. The number of hydrogen-bond acceptors (Lipinski definition) is 8. The Labute approximate surface area is 173 Å². The van der Waals surface area contributed by atoms with Crippen LogP contribution in [0.25, 0.3) is 0 Å². The Hall–Kier alpha value is -0.180. The molecule has 2 saturated heterocycles. The van der Waals surface area contributed by atoms with Gasteiger partial charge in [-0.2, -0.15) is 0 Å². The zero-order chi connectivity index (χ0) is 18.8. The van der Waals surface area contributed by atoms with E-state index in [1.165, 1.54) is 37.8 Å². The Bertz CT molecular complexity index is 456. The molecule has 8 heteroatoms. The van der Waals surface area contributed by atoms with Gasteiger partial charge in [-0.05, 0) is 12.8 Å². The second-order valence-corrected chi connectivity index (χ2v) is 12.1. The molecule has 4 unspecified atom stereocenters. The number of esters is 2. The monoisotopic (exact) mass is 434 g/mol. The van der Waals surface area contributed by atoms with E-state index in [0.717, 1.165) is 11.5 Å². The van der Waals surface area contributed by atoms with Crippen LogP contribution < -0.4 is 0 Å². The molecule has 0 radical (unpaired) electrons. The highest BCUT2D eigenvalue weighted by atomic mass is 32.2. The van der Waals surface area contributed by atoms with Gasteiger partial charge in [0.1, 0.15) is 13.2 Å². The lowest BCUT2D eigenvalue weighted by Crippen LogP contribution is -2.14. The van der Waals surface area contributed by atoms with Gasteiger partial charge in [-0.15, -0.1) is 47.0 Å². The normalized spacial score (nSPS) is 27.8. The van der Waals surface area contributed by atoms with Crippen LogP contribution in [0.2, 0.25) is 0 Å². The Kier molecular flexibility index (Phi) is 10.5. The van der Waals surface area contributed by atoms with E-state index >= 15 is 0 Å². The van der Waals surface area contributed by atoms with Crippen molar-refractivity contribution in [2.24, 2.45) is 0 Å². The molecule has 0 saturated carbocycles. The lowest BCUT2D eigenvalue weighted by atomic mass is 10.2. The molecule has 2 aliphatic rings. The third kappa shape index (κ3) is 8.23. The number of carbonyl (C=O) groups excluding carboxylic acids is 2. The first kappa shape index (κ1) is 22.1. The third-order valence-corrected chi connectivity index (χ3v) is 10.7. The minimum atomic E-state index is -0.330. The van der Waals surface area contributed by atoms with Gasteiger partial charge in [0.15, 0.2) is 0 Å². The van der Waals surface area contributed by atoms with E-state index < -0.39 is 0 Å². The molecule has 146 valence electrons. The van der Waals surface area contributed by atoms with Crippen molar-refractivity contribution < 1.29 is 19.1 Å². The smallest absolute Gasteiger partial charge is 0.330 e. The van der Waals surface area contributed by atoms with Gasteiger partial charge in [0.05, 0.1) is 9.16 Å². The Morgan fingerprint density at radius 2 is 1.27 bits per heavy atom. The molecule has 2 fully saturated rings. The highest BCUT2D eigenvalue weighted by molar-refractivity contribution is 8.20. The van der Waals surface area contributed by atoms with Gasteiger partial charge >= 0.3 is 11.9 Å². The van der Waals surface area contributed by atoms with E-state index in [2.05, 4.69) is 13.2 Å². The maximum atomic E-state index is 11.1. The number of ether oxygens (including phenoxy) is 2. The summed E-state index contributed by atoms with van der Waals surface area (Å²) in [7, 11) is 0. The molecule has 26 heavy (non-hydrogen) atoms. The largest absolute Gasteiger partial charge is 0.461 e. The number of hydrogen-bond donors (Lipinski definition) is 0. The molecule has 0 bridgehead atoms. The van der Waals surface area contributed by atoms with Gasteiger partial charge in [-0.3, -0.25) is 0 Å². The fourth-order valence-electron chi connectivity index (χ4n) is 2.58. The fraction of sp³-hybridized carbons (Fsp3) is 0.667. The van der Waals surface area contributed by atoms with Crippen molar-refractivity contribution >= 4 is 59.0 Å². The quantitative estimate of drug-likeness (QED) is 0.270. The molecule has 0 aliphatic carbocycles. The van der Waals surface area contributed by atoms with Gasteiger partial charge in [-0.1, -0.05) is 26.0 Å². The minimum Gasteiger partial charge on any atom is -0.461 e. The zero-order valence-corrected chi connectivity index (χ0v) is 18.1.